The van der Waals surface area contributed by atoms with E-state index in [1.807, 2.05) is 125 Å². The highest BCUT2D eigenvalue weighted by Gasteiger charge is 2.64. The lowest BCUT2D eigenvalue weighted by Gasteiger charge is -2.13. The summed E-state index contributed by atoms with van der Waals surface area (Å²) in [7, 11) is 0. The second kappa shape index (κ2) is 28.7. The second-order valence-corrected chi connectivity index (χ2v) is 24.6. The summed E-state index contributed by atoms with van der Waals surface area (Å²) < 4.78 is 72.0. The van der Waals surface area contributed by atoms with Gasteiger partial charge in [-0.15, -0.1) is 0 Å². The summed E-state index contributed by atoms with van der Waals surface area (Å²) in [4.78, 5) is 37.8. The number of benzene rings is 6. The Morgan fingerprint density at radius 1 is 0.425 bits per heavy atom. The summed E-state index contributed by atoms with van der Waals surface area (Å²) in [6.07, 6.45) is -3.84. The summed E-state index contributed by atoms with van der Waals surface area (Å²) in [6.45, 7) is 11.0. The van der Waals surface area contributed by atoms with Gasteiger partial charge in [0.15, 0.2) is 0 Å². The molecular weight excluding hydrogens is 1230 g/mol. The van der Waals surface area contributed by atoms with E-state index < -0.39 is 64.7 Å². The number of allylic oxidation sites excluding steroid dienone is 4. The Kier molecular flexibility index (Phi) is 22.0. The summed E-state index contributed by atoms with van der Waals surface area (Å²) in [6, 6.07) is 54.0. The van der Waals surface area contributed by atoms with Crippen LogP contribution in [0.15, 0.2) is 196 Å². The van der Waals surface area contributed by atoms with Gasteiger partial charge in [0.05, 0.1) is 17.8 Å². The van der Waals surface area contributed by atoms with Gasteiger partial charge in [-0.2, -0.15) is 29.0 Å². The van der Waals surface area contributed by atoms with Gasteiger partial charge in [-0.25, -0.2) is 0 Å². The first-order valence-corrected chi connectivity index (χ1v) is 28.9. The predicted octanol–water partition coefficient (Wildman–Crippen LogP) is 18.9. The molecule has 3 aliphatic carbocycles. The zero-order valence-corrected chi connectivity index (χ0v) is 51.3. The number of hydrogen-bond acceptors (Lipinski definition) is 12. The maximum Gasteiger partial charge on any atom is 0.426 e. The Balaban J connectivity index is 0.000000187. The molecule has 9 atom stereocenters. The van der Waals surface area contributed by atoms with Gasteiger partial charge < -0.3 is 28.4 Å². The molecule has 6 aromatic rings. The van der Waals surface area contributed by atoms with E-state index in [0.29, 0.717) is 51.2 Å². The van der Waals surface area contributed by atoms with Gasteiger partial charge in [0, 0.05) is 16.7 Å². The number of ether oxygens (including phenoxy) is 6. The van der Waals surface area contributed by atoms with Crippen LogP contribution in [0.1, 0.15) is 76.5 Å². The zero-order valence-electron chi connectivity index (χ0n) is 47.6. The van der Waals surface area contributed by atoms with Gasteiger partial charge in [0.1, 0.15) is 66.7 Å². The third-order valence-electron chi connectivity index (χ3n) is 15.2. The Morgan fingerprint density at radius 2 is 0.678 bits per heavy atom. The average molecular weight is 1280 g/mol. The molecule has 0 aromatic heterocycles. The number of nitriles is 3. The lowest BCUT2D eigenvalue weighted by molar-refractivity contribution is -0.150. The van der Waals surface area contributed by atoms with Crippen molar-refractivity contribution in [1.82, 2.24) is 0 Å². The Bertz CT molecular complexity index is 3490. The predicted molar refractivity (Wildman–Crippen MR) is 324 cm³/mol. The molecule has 0 amide bonds. The fraction of sp³-hybridized carbons (Fsp3) is 0.284. The van der Waals surface area contributed by atoms with E-state index in [1.165, 1.54) is 0 Å². The summed E-state index contributed by atoms with van der Waals surface area (Å²) in [5.74, 6) is -0.691. The van der Waals surface area contributed by atoms with Crippen LogP contribution in [0.3, 0.4) is 0 Å². The Labute approximate surface area is 527 Å². The smallest absolute Gasteiger partial charge is 0.426 e. The maximum absolute atomic E-state index is 12.7. The van der Waals surface area contributed by atoms with Crippen LogP contribution >= 0.6 is 58.0 Å². The monoisotopic (exact) mass is 1280 g/mol. The van der Waals surface area contributed by atoms with Gasteiger partial charge in [-0.05, 0) is 119 Å². The molecule has 5 unspecified atom stereocenters. The highest BCUT2D eigenvalue weighted by atomic mass is 35.5. The largest absolute Gasteiger partial charge is 0.457 e. The van der Waals surface area contributed by atoms with E-state index in [2.05, 4.69) is 0 Å². The Hall–Kier alpha value is -7.94. The van der Waals surface area contributed by atoms with Gasteiger partial charge in [-0.1, -0.05) is 197 Å². The van der Waals surface area contributed by atoms with E-state index >= 15 is 0 Å². The van der Waals surface area contributed by atoms with Crippen molar-refractivity contribution in [3.8, 4) is 52.7 Å². The molecule has 0 saturated heterocycles. The van der Waals surface area contributed by atoms with Crippen LogP contribution in [0.4, 0.5) is 13.2 Å². The van der Waals surface area contributed by atoms with Crippen LogP contribution in [-0.2, 0) is 28.6 Å². The first kappa shape index (κ1) is 66.6. The molecule has 0 aliphatic heterocycles. The van der Waals surface area contributed by atoms with Crippen LogP contribution in [0.2, 0.25) is 0 Å². The van der Waals surface area contributed by atoms with Crippen LogP contribution in [0, 0.1) is 85.7 Å². The van der Waals surface area contributed by atoms with E-state index in [4.69, 9.17) is 86.4 Å². The molecule has 87 heavy (non-hydrogen) atoms. The van der Waals surface area contributed by atoms with Crippen LogP contribution in [0.25, 0.3) is 0 Å². The van der Waals surface area contributed by atoms with Gasteiger partial charge in [0.2, 0.25) is 18.3 Å². The number of hydrogen-bond donors (Lipinski definition) is 0. The number of halogens is 8. The molecule has 3 aliphatic rings. The number of alkyl halides is 3. The summed E-state index contributed by atoms with van der Waals surface area (Å²) in [5.41, 5.74) is 0.0915. The van der Waals surface area contributed by atoms with Crippen LogP contribution in [0.5, 0.6) is 34.5 Å². The fourth-order valence-electron chi connectivity index (χ4n) is 10.0. The lowest BCUT2D eigenvalue weighted by atomic mass is 10.1. The highest BCUT2D eigenvalue weighted by Crippen LogP contribution is 2.62. The molecule has 0 radical (unpaired) electrons. The number of nitrogens with zero attached hydrogens (tertiary/aromatic N) is 3. The topological polar surface area (TPSA) is 178 Å². The molecule has 12 nitrogen and oxygen atoms in total. The maximum atomic E-state index is 12.7. The van der Waals surface area contributed by atoms with E-state index in [0.717, 1.165) is 6.08 Å². The third kappa shape index (κ3) is 17.6. The van der Waals surface area contributed by atoms with E-state index in [1.54, 1.807) is 111 Å². The van der Waals surface area contributed by atoms with E-state index in [9.17, 15) is 43.3 Å². The first-order valence-electron chi connectivity index (χ1n) is 27.0. The fourth-order valence-corrected chi connectivity index (χ4v) is 10.7. The van der Waals surface area contributed by atoms with Crippen molar-refractivity contribution < 1.29 is 56.0 Å². The van der Waals surface area contributed by atoms with Crippen molar-refractivity contribution in [3.05, 3.63) is 213 Å². The lowest BCUT2D eigenvalue weighted by Crippen LogP contribution is -2.14. The second-order valence-electron chi connectivity index (χ2n) is 22.2. The molecule has 3 fully saturated rings. The molecule has 0 bridgehead atoms. The molecule has 450 valence electrons. The quantitative estimate of drug-likeness (QED) is 0.0588. The average Bonchev–Trinajstić information content (AvgIpc) is 1.60. The summed E-state index contributed by atoms with van der Waals surface area (Å²) in [5, 5.41) is 27.3. The van der Waals surface area contributed by atoms with Crippen molar-refractivity contribution in [2.45, 2.75) is 66.0 Å². The summed E-state index contributed by atoms with van der Waals surface area (Å²) >= 11 is 28.2. The van der Waals surface area contributed by atoms with Crippen molar-refractivity contribution in [3.63, 3.8) is 0 Å². The molecule has 3 saturated carbocycles. The number of carbonyl (C=O) groups is 3. The van der Waals surface area contributed by atoms with Gasteiger partial charge >= 0.3 is 24.1 Å². The molecule has 0 N–H and O–H groups in total. The van der Waals surface area contributed by atoms with Gasteiger partial charge in [-0.3, -0.25) is 14.4 Å². The molecule has 20 heteroatoms. The zero-order chi connectivity index (χ0) is 63.4. The minimum absolute atomic E-state index is 0.114. The number of carbonyl (C=O) groups excluding carboxylic acids is 3. The highest BCUT2D eigenvalue weighted by molar-refractivity contribution is 6.56. The SMILES string of the molecule is CC1(C)C(C=C(Cl)Cl)C1C(=O)OC(C#N)c1cccc(Oc2ccccc2)c1.CC1(C)[C@H](C(=O)OC(C#N)c2cccc(Oc3ccccc3)c2)[C@@H]1/C=C(\Cl)C(F)(F)F.CC1(C)[C@H](C(=O)OC(C#N)c2cccc(Oc3ccccc3)c2)[C@@H]1C=C(Cl)Cl. The molecular formula is C67H57Cl5F3N3O9. The van der Waals surface area contributed by atoms with Crippen molar-refractivity contribution >= 4 is 75.9 Å². The number of para-hydroxylation sites is 3. The van der Waals surface area contributed by atoms with Gasteiger partial charge in [0.25, 0.3) is 0 Å². The minimum Gasteiger partial charge on any atom is -0.457 e. The standard InChI is InChI=1S/C23H19ClF3NO3.2C22H19Cl2NO3/c1-22(2)17(12-19(24)23(25,26)27)20(22)21(29)31-18(13-28)14-7-6-10-16(11-14)30-15-8-4-3-5-9-15;2*1-22(2)17(12-19(23)24)20(22)21(26)28-18(13-25)14-7-6-10-16(11-14)27-15-8-4-3-5-9-15/h3-12,17-18,20H,1-2H3;2*3-12,17-18,20H,1-2H3/b19-12-;;/t2*17-,18?,20-;/m00./s1. The van der Waals surface area contributed by atoms with Crippen LogP contribution in [-0.4, -0.2) is 24.1 Å². The van der Waals surface area contributed by atoms with Crippen molar-refractivity contribution in [2.75, 3.05) is 0 Å². The van der Waals surface area contributed by atoms with Crippen LogP contribution < -0.4 is 14.2 Å². The van der Waals surface area contributed by atoms with Crippen molar-refractivity contribution in [1.29, 1.82) is 15.8 Å². The third-order valence-corrected chi connectivity index (χ3v) is 16.0. The van der Waals surface area contributed by atoms with Crippen molar-refractivity contribution in [2.24, 2.45) is 51.8 Å². The molecule has 9 rings (SSSR count). The Morgan fingerprint density at radius 3 is 0.920 bits per heavy atom. The van der Waals surface area contributed by atoms with E-state index in [-0.39, 0.29) is 43.5 Å². The number of rotatable bonds is 18. The first-order chi connectivity index (χ1) is 41.2. The minimum atomic E-state index is -4.68. The molecule has 6 aromatic carbocycles. The molecule has 0 heterocycles. The number of esters is 3. The normalized spacial score (nSPS) is 20.6. The molecule has 0 spiro atoms.